The van der Waals surface area contributed by atoms with Crippen molar-refractivity contribution in [2.24, 2.45) is 0 Å². The molecule has 1 fully saturated rings. The number of nitrogens with one attached hydrogen (secondary N) is 1. The largest absolute Gasteiger partial charge is 0.383 e. The first-order valence-corrected chi connectivity index (χ1v) is 10.4. The van der Waals surface area contributed by atoms with Gasteiger partial charge in [0, 0.05) is 59.4 Å². The van der Waals surface area contributed by atoms with Crippen LogP contribution in [0.3, 0.4) is 0 Å². The van der Waals surface area contributed by atoms with E-state index >= 15 is 0 Å². The number of amides is 2. The van der Waals surface area contributed by atoms with Crippen LogP contribution in [-0.2, 0) is 11.3 Å². The zero-order chi connectivity index (χ0) is 22.1. The van der Waals surface area contributed by atoms with Crippen molar-refractivity contribution in [3.05, 3.63) is 57.0 Å². The average molecular weight is 425 g/mol. The quantitative estimate of drug-likeness (QED) is 0.743. The minimum Gasteiger partial charge on any atom is -0.383 e. The van der Waals surface area contributed by atoms with Gasteiger partial charge in [0.2, 0.25) is 5.95 Å². The molecule has 0 spiro atoms. The summed E-state index contributed by atoms with van der Waals surface area (Å²) in [6.07, 6.45) is 0.720. The topological polar surface area (TPSA) is 98.8 Å². The molecular formula is C22H27N5O4. The predicted octanol–water partition coefficient (Wildman–Crippen LogP) is 1.07. The summed E-state index contributed by atoms with van der Waals surface area (Å²) in [6, 6.07) is 6.95. The molecular weight excluding hydrogens is 398 g/mol. The molecule has 1 aromatic carbocycles. The van der Waals surface area contributed by atoms with Crippen LogP contribution in [0.5, 0.6) is 0 Å². The van der Waals surface area contributed by atoms with Gasteiger partial charge in [-0.3, -0.25) is 19.4 Å². The lowest BCUT2D eigenvalue weighted by Crippen LogP contribution is -2.32. The second-order valence-corrected chi connectivity index (χ2v) is 8.18. The Kier molecular flexibility index (Phi) is 5.77. The first-order valence-electron chi connectivity index (χ1n) is 10.4. The molecule has 2 amide bonds. The van der Waals surface area contributed by atoms with Crippen molar-refractivity contribution in [2.75, 3.05) is 52.3 Å². The molecule has 0 bridgehead atoms. The van der Waals surface area contributed by atoms with Crippen LogP contribution in [0.15, 0.2) is 29.1 Å². The highest BCUT2D eigenvalue weighted by molar-refractivity contribution is 6.09. The van der Waals surface area contributed by atoms with Crippen LogP contribution in [0, 0.1) is 0 Å². The number of carbonyl (C=O) groups is 2. The van der Waals surface area contributed by atoms with Crippen molar-refractivity contribution in [1.29, 1.82) is 0 Å². The zero-order valence-electron chi connectivity index (χ0n) is 18.1. The Hall–Kier alpha value is -3.20. The molecule has 4 rings (SSSR count). The third-order valence-electron chi connectivity index (χ3n) is 5.88. The van der Waals surface area contributed by atoms with Gasteiger partial charge in [0.1, 0.15) is 0 Å². The van der Waals surface area contributed by atoms with Gasteiger partial charge in [-0.25, -0.2) is 4.98 Å². The van der Waals surface area contributed by atoms with Gasteiger partial charge in [0.15, 0.2) is 0 Å². The second kappa shape index (κ2) is 8.50. The molecule has 2 aliphatic heterocycles. The van der Waals surface area contributed by atoms with E-state index < -0.39 is 0 Å². The number of likely N-dealkylation sites (tertiary alicyclic amines) is 1. The maximum absolute atomic E-state index is 13.3. The SMILES string of the molecule is COCCN1Cc2cccc(C(=O)N3CC[C@@H](c4cc(=O)[nH]c(N(C)C)n4)C3)c2C1=O. The molecule has 9 nitrogen and oxygen atoms in total. The number of rotatable bonds is 6. The lowest BCUT2D eigenvalue weighted by molar-refractivity contribution is 0.0707. The van der Waals surface area contributed by atoms with E-state index in [-0.39, 0.29) is 23.3 Å². The van der Waals surface area contributed by atoms with E-state index in [0.29, 0.717) is 55.6 Å². The van der Waals surface area contributed by atoms with E-state index in [2.05, 4.69) is 9.97 Å². The summed E-state index contributed by atoms with van der Waals surface area (Å²) < 4.78 is 5.09. The molecule has 1 saturated heterocycles. The molecule has 0 aliphatic carbocycles. The van der Waals surface area contributed by atoms with Crippen LogP contribution in [0.4, 0.5) is 5.95 Å². The first-order chi connectivity index (χ1) is 14.9. The number of hydrogen-bond acceptors (Lipinski definition) is 6. The van der Waals surface area contributed by atoms with Crippen molar-refractivity contribution in [3.63, 3.8) is 0 Å². The molecule has 1 N–H and O–H groups in total. The molecule has 31 heavy (non-hydrogen) atoms. The number of benzene rings is 1. The van der Waals surface area contributed by atoms with E-state index in [1.54, 1.807) is 27.9 Å². The van der Waals surface area contributed by atoms with Gasteiger partial charge in [-0.1, -0.05) is 12.1 Å². The Morgan fingerprint density at radius 1 is 1.32 bits per heavy atom. The molecule has 0 saturated carbocycles. The predicted molar refractivity (Wildman–Crippen MR) is 116 cm³/mol. The van der Waals surface area contributed by atoms with Crippen LogP contribution in [0.1, 0.15) is 44.3 Å². The van der Waals surface area contributed by atoms with Crippen LogP contribution in [0.2, 0.25) is 0 Å². The smallest absolute Gasteiger partial charge is 0.255 e. The van der Waals surface area contributed by atoms with Gasteiger partial charge in [-0.05, 0) is 18.1 Å². The molecule has 2 aromatic rings. The third kappa shape index (κ3) is 4.05. The van der Waals surface area contributed by atoms with Crippen LogP contribution in [-0.4, -0.2) is 79.0 Å². The van der Waals surface area contributed by atoms with Crippen molar-refractivity contribution < 1.29 is 14.3 Å². The van der Waals surface area contributed by atoms with Gasteiger partial charge < -0.3 is 19.4 Å². The zero-order valence-corrected chi connectivity index (χ0v) is 18.1. The molecule has 0 unspecified atom stereocenters. The minimum absolute atomic E-state index is 0.0180. The van der Waals surface area contributed by atoms with E-state index in [4.69, 9.17) is 4.74 Å². The number of nitrogens with zero attached hydrogens (tertiary/aromatic N) is 4. The summed E-state index contributed by atoms with van der Waals surface area (Å²) in [6.45, 7) is 2.46. The molecule has 9 heteroatoms. The van der Waals surface area contributed by atoms with E-state index in [1.165, 1.54) is 6.07 Å². The number of aromatic nitrogens is 2. The standard InChI is InChI=1S/C22H27N5O4/c1-25(2)22-23-17(11-18(28)24-22)14-7-8-26(12-14)20(29)16-6-4-5-15-13-27(9-10-31-3)21(30)19(15)16/h4-6,11,14H,7-10,12-13H2,1-3H3,(H,23,24,28)/t14-/m1/s1. The number of carbonyl (C=O) groups excluding carboxylic acids is 2. The molecule has 1 aromatic heterocycles. The summed E-state index contributed by atoms with van der Waals surface area (Å²) in [7, 11) is 5.23. The van der Waals surface area contributed by atoms with Crippen LogP contribution < -0.4 is 10.5 Å². The summed E-state index contributed by atoms with van der Waals surface area (Å²) in [5.74, 6) is 0.197. The lowest BCUT2D eigenvalue weighted by Gasteiger charge is -2.19. The summed E-state index contributed by atoms with van der Waals surface area (Å²) in [5.41, 5.74) is 2.28. The maximum atomic E-state index is 13.3. The minimum atomic E-state index is -0.207. The van der Waals surface area contributed by atoms with Crippen molar-refractivity contribution in [1.82, 2.24) is 19.8 Å². The number of aromatic amines is 1. The third-order valence-corrected chi connectivity index (χ3v) is 5.88. The molecule has 164 valence electrons. The van der Waals surface area contributed by atoms with Crippen molar-refractivity contribution in [3.8, 4) is 0 Å². The number of anilines is 1. The Morgan fingerprint density at radius 3 is 2.87 bits per heavy atom. The normalized spacial score (nSPS) is 17.9. The highest BCUT2D eigenvalue weighted by Crippen LogP contribution is 2.30. The van der Waals surface area contributed by atoms with Gasteiger partial charge in [-0.15, -0.1) is 0 Å². The van der Waals surface area contributed by atoms with Gasteiger partial charge in [0.05, 0.1) is 23.4 Å². The molecule has 2 aliphatic rings. The van der Waals surface area contributed by atoms with Gasteiger partial charge >= 0.3 is 0 Å². The summed E-state index contributed by atoms with van der Waals surface area (Å²) in [5, 5.41) is 0. The van der Waals surface area contributed by atoms with Gasteiger partial charge in [-0.2, -0.15) is 0 Å². The van der Waals surface area contributed by atoms with Crippen LogP contribution >= 0.6 is 0 Å². The van der Waals surface area contributed by atoms with E-state index in [9.17, 15) is 14.4 Å². The Labute approximate surface area is 180 Å². The molecule has 3 heterocycles. The highest BCUT2D eigenvalue weighted by atomic mass is 16.5. The fraction of sp³-hybridized carbons (Fsp3) is 0.455. The fourth-order valence-corrected chi connectivity index (χ4v) is 4.22. The monoisotopic (exact) mass is 425 g/mol. The van der Waals surface area contributed by atoms with E-state index in [1.807, 2.05) is 26.2 Å². The number of hydrogen-bond donors (Lipinski definition) is 1. The number of H-pyrrole nitrogens is 1. The highest BCUT2D eigenvalue weighted by Gasteiger charge is 2.35. The molecule has 1 atom stereocenters. The Balaban J connectivity index is 1.54. The van der Waals surface area contributed by atoms with Crippen molar-refractivity contribution >= 4 is 17.8 Å². The van der Waals surface area contributed by atoms with Crippen LogP contribution in [0.25, 0.3) is 0 Å². The van der Waals surface area contributed by atoms with Crippen molar-refractivity contribution in [2.45, 2.75) is 18.9 Å². The Morgan fingerprint density at radius 2 is 2.13 bits per heavy atom. The second-order valence-electron chi connectivity index (χ2n) is 8.18. The van der Waals surface area contributed by atoms with E-state index in [0.717, 1.165) is 12.0 Å². The average Bonchev–Trinajstić information content (AvgIpc) is 3.36. The number of methoxy groups -OCH3 is 1. The Bertz CT molecular complexity index is 1060. The van der Waals surface area contributed by atoms with Gasteiger partial charge in [0.25, 0.3) is 17.4 Å². The number of fused-ring (bicyclic) bond motifs is 1. The molecule has 0 radical (unpaired) electrons. The number of ether oxygens (including phenoxy) is 1. The maximum Gasteiger partial charge on any atom is 0.255 e. The summed E-state index contributed by atoms with van der Waals surface area (Å²) in [4.78, 5) is 50.7. The first kappa shape index (κ1) is 21.0. The fourth-order valence-electron chi connectivity index (χ4n) is 4.22. The summed E-state index contributed by atoms with van der Waals surface area (Å²) >= 11 is 0. The lowest BCUT2D eigenvalue weighted by atomic mass is 10.0.